The van der Waals surface area contributed by atoms with Crippen LogP contribution in [0.3, 0.4) is 0 Å². The molecule has 0 aliphatic carbocycles. The fraction of sp³-hybridized carbons (Fsp3) is 0.143. The number of nitrogens with zero attached hydrogens (tertiary/aromatic N) is 1. The van der Waals surface area contributed by atoms with E-state index >= 15 is 0 Å². The van der Waals surface area contributed by atoms with Gasteiger partial charge in [-0.05, 0) is 12.1 Å². The van der Waals surface area contributed by atoms with Crippen LogP contribution in [0.1, 0.15) is 5.69 Å². The molecule has 1 fully saturated rings. The third-order valence-electron chi connectivity index (χ3n) is 1.39. The van der Waals surface area contributed by atoms with Crippen molar-refractivity contribution in [3.63, 3.8) is 0 Å². The average molecular weight is 337 g/mol. The van der Waals surface area contributed by atoms with Crippen molar-refractivity contribution < 1.29 is 58.0 Å². The van der Waals surface area contributed by atoms with Crippen molar-refractivity contribution in [3.05, 3.63) is 30.1 Å². The molecule has 9 nitrogen and oxygen atoms in total. The summed E-state index contributed by atoms with van der Waals surface area (Å²) in [5.74, 6) is -0.848. The van der Waals surface area contributed by atoms with Gasteiger partial charge in [0.25, 0.3) is 0 Å². The van der Waals surface area contributed by atoms with Gasteiger partial charge in [-0.15, -0.1) is 0 Å². The zero-order valence-corrected chi connectivity index (χ0v) is 11.1. The van der Waals surface area contributed by atoms with Gasteiger partial charge in [0, 0.05) is 6.20 Å². The Balaban J connectivity index is 0.000000184. The first-order chi connectivity index (χ1) is 8.20. The molecule has 1 aromatic rings. The van der Waals surface area contributed by atoms with Crippen LogP contribution in [0.2, 0.25) is 0 Å². The normalized spacial score (nSPS) is 18.9. The summed E-state index contributed by atoms with van der Waals surface area (Å²) in [6.07, 6.45) is 1.58. The van der Waals surface area contributed by atoms with Crippen LogP contribution in [-0.4, -0.2) is 16.1 Å². The molecule has 0 amide bonds. The Hall–Kier alpha value is -1.20. The predicted molar refractivity (Wildman–Crippen MR) is 40.5 cm³/mol. The molecule has 100 valence electrons. The van der Waals surface area contributed by atoms with Gasteiger partial charge in [0.05, 0.1) is 12.1 Å². The Morgan fingerprint density at radius 1 is 1.17 bits per heavy atom. The Labute approximate surface area is 106 Å². The van der Waals surface area contributed by atoms with Gasteiger partial charge in [-0.1, -0.05) is 6.07 Å². The molecule has 2 heterocycles. The summed E-state index contributed by atoms with van der Waals surface area (Å²) in [6.45, 7) is 0. The summed E-state index contributed by atoms with van der Waals surface area (Å²) in [7, 11) is 0. The molecule has 1 aliphatic rings. The minimum absolute atomic E-state index is 0.000833. The van der Waals surface area contributed by atoms with Gasteiger partial charge >= 0.3 is 54.1 Å². The molecular formula is C7H7Cr2NO8. The number of hydrogen-bond acceptors (Lipinski definition) is 8. The van der Waals surface area contributed by atoms with Crippen LogP contribution in [-0.2, 0) is 59.3 Å². The second-order valence-corrected chi connectivity index (χ2v) is 7.57. The van der Waals surface area contributed by atoms with Gasteiger partial charge in [0.2, 0.25) is 0 Å². The van der Waals surface area contributed by atoms with Crippen LogP contribution in [0, 0.1) is 0 Å². The number of aliphatic carboxylic acids is 1. The van der Waals surface area contributed by atoms with Gasteiger partial charge in [-0.2, -0.15) is 0 Å². The van der Waals surface area contributed by atoms with Gasteiger partial charge in [0.15, 0.2) is 0 Å². The van der Waals surface area contributed by atoms with Gasteiger partial charge in [0.1, 0.15) is 0 Å². The number of pyridine rings is 1. The molecule has 0 spiro atoms. The summed E-state index contributed by atoms with van der Waals surface area (Å²) in [4.78, 5) is 14.0. The summed E-state index contributed by atoms with van der Waals surface area (Å²) < 4.78 is 45.8. The first-order valence-electron chi connectivity index (χ1n) is 4.24. The third-order valence-corrected chi connectivity index (χ3v) is 6.73. The SMILES string of the molecule is O=C(O)Cc1ccccn1.[O]=[Cr]1(=[O])[O][Cr](=[O])(=[O])[O]1. The number of aromatic nitrogens is 1. The molecule has 11 heteroatoms. The second-order valence-electron chi connectivity index (χ2n) is 2.84. The minimum atomic E-state index is -4.80. The molecule has 0 bridgehead atoms. The number of hydrogen-bond donors (Lipinski definition) is 1. The van der Waals surface area contributed by atoms with E-state index in [4.69, 9.17) is 5.11 Å². The van der Waals surface area contributed by atoms with Crippen molar-refractivity contribution in [2.45, 2.75) is 6.42 Å². The van der Waals surface area contributed by atoms with E-state index in [1.54, 1.807) is 24.4 Å². The van der Waals surface area contributed by atoms with E-state index < -0.39 is 33.2 Å². The van der Waals surface area contributed by atoms with Crippen LogP contribution in [0.15, 0.2) is 24.4 Å². The Morgan fingerprint density at radius 2 is 1.72 bits per heavy atom. The van der Waals surface area contributed by atoms with E-state index in [1.165, 1.54) is 0 Å². The zero-order chi connectivity index (χ0) is 13.8. The molecular weight excluding hydrogens is 330 g/mol. The maximum atomic E-state index is 10.1. The Kier molecular flexibility index (Phi) is 4.65. The van der Waals surface area contributed by atoms with E-state index in [0.29, 0.717) is 5.69 Å². The predicted octanol–water partition coefficient (Wildman–Crippen LogP) is 0.0917. The summed E-state index contributed by atoms with van der Waals surface area (Å²) >= 11 is -9.59. The third kappa shape index (κ3) is 5.43. The number of carbonyl (C=O) groups is 1. The topological polar surface area (TPSA) is 137 Å². The number of carboxylic acid groups (broad SMARTS) is 1. The molecule has 0 radical (unpaired) electrons. The molecule has 1 aliphatic heterocycles. The van der Waals surface area contributed by atoms with Crippen molar-refractivity contribution in [1.29, 1.82) is 0 Å². The van der Waals surface area contributed by atoms with Crippen LogP contribution >= 0.6 is 0 Å². The van der Waals surface area contributed by atoms with E-state index in [2.05, 4.69) is 10.7 Å². The average Bonchev–Trinajstić information content (AvgIpc) is 2.14. The number of rotatable bonds is 2. The van der Waals surface area contributed by atoms with E-state index in [1.807, 2.05) is 0 Å². The summed E-state index contributed by atoms with van der Waals surface area (Å²) in [5, 5.41) is 8.33. The van der Waals surface area contributed by atoms with E-state index in [0.717, 1.165) is 0 Å². The van der Waals surface area contributed by atoms with Crippen LogP contribution in [0.25, 0.3) is 0 Å². The first-order valence-corrected chi connectivity index (χ1v) is 8.40. The van der Waals surface area contributed by atoms with Crippen LogP contribution in [0.5, 0.6) is 0 Å². The second kappa shape index (κ2) is 5.63. The van der Waals surface area contributed by atoms with E-state index in [-0.39, 0.29) is 6.42 Å². The molecule has 0 aromatic carbocycles. The molecule has 0 atom stereocenters. The monoisotopic (exact) mass is 337 g/mol. The Bertz CT molecular complexity index is 573. The molecule has 1 saturated heterocycles. The van der Waals surface area contributed by atoms with Crippen molar-refractivity contribution in [2.75, 3.05) is 0 Å². The standard InChI is InChI=1S/C7H7NO2.2Cr.6O/c9-7(10)5-6-3-1-2-4-8-6;;;;;;;;/h1-4H,5H2,(H,9,10);;;;;;;;. The number of carboxylic acids is 1. The van der Waals surface area contributed by atoms with Crippen molar-refractivity contribution >= 4 is 5.97 Å². The van der Waals surface area contributed by atoms with Gasteiger partial charge < -0.3 is 5.11 Å². The molecule has 18 heavy (non-hydrogen) atoms. The van der Waals surface area contributed by atoms with Crippen molar-refractivity contribution in [3.8, 4) is 0 Å². The van der Waals surface area contributed by atoms with Crippen molar-refractivity contribution in [1.82, 2.24) is 4.98 Å². The van der Waals surface area contributed by atoms with Crippen molar-refractivity contribution in [2.24, 2.45) is 0 Å². The Morgan fingerprint density at radius 3 is 2.00 bits per heavy atom. The van der Waals surface area contributed by atoms with Crippen LogP contribution in [0.4, 0.5) is 0 Å². The quantitative estimate of drug-likeness (QED) is 0.796. The molecule has 0 saturated carbocycles. The fourth-order valence-electron chi connectivity index (χ4n) is 0.867. The summed E-state index contributed by atoms with van der Waals surface area (Å²) in [6, 6.07) is 5.21. The maximum absolute atomic E-state index is 10.1. The molecule has 2 rings (SSSR count). The molecule has 1 aromatic heterocycles. The molecule has 1 N–H and O–H groups in total. The van der Waals surface area contributed by atoms with E-state index in [9.17, 15) is 20.0 Å². The summed E-state index contributed by atoms with van der Waals surface area (Å²) in [5.41, 5.74) is 0.593. The zero-order valence-electron chi connectivity index (χ0n) is 8.59. The van der Waals surface area contributed by atoms with Gasteiger partial charge in [-0.3, -0.25) is 9.78 Å². The van der Waals surface area contributed by atoms with Crippen LogP contribution < -0.4 is 0 Å². The molecule has 0 unspecified atom stereocenters. The van der Waals surface area contributed by atoms with Gasteiger partial charge in [-0.25, -0.2) is 0 Å². The fourth-order valence-corrected chi connectivity index (χ4v) is 4.21. The first kappa shape index (κ1) is 14.9.